The Morgan fingerprint density at radius 3 is 2.58 bits per heavy atom. The normalized spacial score (nSPS) is 14.5. The SMILES string of the molecule is COc1ccccc1C1=CC=CN(c2ccc(C(F)(F)F)nc2)C1. The lowest BCUT2D eigenvalue weighted by atomic mass is 10.0. The Bertz CT molecular complexity index is 780. The second kappa shape index (κ2) is 6.39. The number of alkyl halides is 3. The Kier molecular flexibility index (Phi) is 4.29. The van der Waals surface area contributed by atoms with E-state index in [0.717, 1.165) is 23.0 Å². The van der Waals surface area contributed by atoms with Crippen LogP contribution in [0.15, 0.2) is 60.9 Å². The van der Waals surface area contributed by atoms with Gasteiger partial charge in [-0.15, -0.1) is 0 Å². The first kappa shape index (κ1) is 16.1. The van der Waals surface area contributed by atoms with Crippen molar-refractivity contribution in [3.63, 3.8) is 0 Å². The fraction of sp³-hybridized carbons (Fsp3) is 0.167. The van der Waals surface area contributed by atoms with E-state index < -0.39 is 11.9 Å². The monoisotopic (exact) mass is 332 g/mol. The van der Waals surface area contributed by atoms with Gasteiger partial charge in [-0.05, 0) is 29.8 Å². The average molecular weight is 332 g/mol. The molecule has 0 atom stereocenters. The zero-order chi connectivity index (χ0) is 17.2. The topological polar surface area (TPSA) is 25.4 Å². The van der Waals surface area contributed by atoms with Crippen molar-refractivity contribution in [2.75, 3.05) is 18.6 Å². The van der Waals surface area contributed by atoms with Crippen molar-refractivity contribution in [3.8, 4) is 5.75 Å². The Hall–Kier alpha value is -2.76. The Morgan fingerprint density at radius 2 is 1.92 bits per heavy atom. The molecule has 0 bridgehead atoms. The molecule has 1 aliphatic heterocycles. The number of aromatic nitrogens is 1. The third-order valence-electron chi connectivity index (χ3n) is 3.73. The molecule has 1 aromatic heterocycles. The number of benzene rings is 1. The predicted molar refractivity (Wildman–Crippen MR) is 86.7 cm³/mol. The van der Waals surface area contributed by atoms with Crippen molar-refractivity contribution in [2.45, 2.75) is 6.18 Å². The molecule has 2 aromatic rings. The highest BCUT2D eigenvalue weighted by Crippen LogP contribution is 2.31. The van der Waals surface area contributed by atoms with Crippen molar-refractivity contribution >= 4 is 11.3 Å². The van der Waals surface area contributed by atoms with Crippen LogP contribution in [-0.4, -0.2) is 18.6 Å². The van der Waals surface area contributed by atoms with Gasteiger partial charge < -0.3 is 9.64 Å². The third kappa shape index (κ3) is 3.27. The first-order valence-electron chi connectivity index (χ1n) is 7.29. The molecule has 1 aliphatic rings. The molecule has 2 heterocycles. The summed E-state index contributed by atoms with van der Waals surface area (Å²) < 4.78 is 43.2. The Balaban J connectivity index is 1.83. The first-order valence-corrected chi connectivity index (χ1v) is 7.29. The highest BCUT2D eigenvalue weighted by Gasteiger charge is 2.32. The number of pyridine rings is 1. The van der Waals surface area contributed by atoms with Crippen molar-refractivity contribution in [3.05, 3.63) is 72.2 Å². The maximum atomic E-state index is 12.6. The zero-order valence-electron chi connectivity index (χ0n) is 12.9. The van der Waals surface area contributed by atoms with Gasteiger partial charge in [0.15, 0.2) is 0 Å². The quantitative estimate of drug-likeness (QED) is 0.826. The minimum absolute atomic E-state index is 0.518. The van der Waals surface area contributed by atoms with Crippen LogP contribution in [0.25, 0.3) is 5.57 Å². The zero-order valence-corrected chi connectivity index (χ0v) is 12.9. The van der Waals surface area contributed by atoms with Crippen LogP contribution in [-0.2, 0) is 6.18 Å². The van der Waals surface area contributed by atoms with E-state index in [-0.39, 0.29) is 0 Å². The van der Waals surface area contributed by atoms with Gasteiger partial charge in [-0.2, -0.15) is 13.2 Å². The van der Waals surface area contributed by atoms with Crippen molar-refractivity contribution in [1.82, 2.24) is 4.98 Å². The minimum Gasteiger partial charge on any atom is -0.496 e. The van der Waals surface area contributed by atoms with Crippen LogP contribution >= 0.6 is 0 Å². The largest absolute Gasteiger partial charge is 0.496 e. The summed E-state index contributed by atoms with van der Waals surface area (Å²) in [6.45, 7) is 0.518. The number of ether oxygens (including phenoxy) is 1. The van der Waals surface area contributed by atoms with E-state index in [4.69, 9.17) is 4.74 Å². The van der Waals surface area contributed by atoms with Crippen LogP contribution in [0.3, 0.4) is 0 Å². The molecular formula is C18H15F3N2O. The second-order valence-electron chi connectivity index (χ2n) is 5.26. The first-order chi connectivity index (χ1) is 11.5. The van der Waals surface area contributed by atoms with Gasteiger partial charge in [-0.3, -0.25) is 0 Å². The molecular weight excluding hydrogens is 317 g/mol. The average Bonchev–Trinajstić information content (AvgIpc) is 2.61. The van der Waals surface area contributed by atoms with Crippen molar-refractivity contribution < 1.29 is 17.9 Å². The van der Waals surface area contributed by atoms with Crippen LogP contribution < -0.4 is 9.64 Å². The van der Waals surface area contributed by atoms with Crippen LogP contribution in [0.5, 0.6) is 5.75 Å². The van der Waals surface area contributed by atoms with E-state index in [9.17, 15) is 13.2 Å². The van der Waals surface area contributed by atoms with Gasteiger partial charge in [0.05, 0.1) is 19.0 Å². The molecule has 0 N–H and O–H groups in total. The minimum atomic E-state index is -4.43. The third-order valence-corrected chi connectivity index (χ3v) is 3.73. The summed E-state index contributed by atoms with van der Waals surface area (Å²) >= 11 is 0. The number of anilines is 1. The number of hydrogen-bond donors (Lipinski definition) is 0. The Labute approximate surface area is 137 Å². The fourth-order valence-electron chi connectivity index (χ4n) is 2.54. The number of halogens is 3. The molecule has 0 saturated heterocycles. The maximum absolute atomic E-state index is 12.6. The highest BCUT2D eigenvalue weighted by atomic mass is 19.4. The van der Waals surface area contributed by atoms with Crippen LogP contribution in [0, 0.1) is 0 Å². The summed E-state index contributed by atoms with van der Waals surface area (Å²) in [7, 11) is 1.61. The molecule has 0 radical (unpaired) electrons. The lowest BCUT2D eigenvalue weighted by molar-refractivity contribution is -0.141. The molecule has 24 heavy (non-hydrogen) atoms. The number of nitrogens with zero attached hydrogens (tertiary/aromatic N) is 2. The van der Waals surface area contributed by atoms with Gasteiger partial charge in [-0.25, -0.2) is 4.98 Å². The molecule has 0 unspecified atom stereocenters. The smallest absolute Gasteiger partial charge is 0.433 e. The van der Waals surface area contributed by atoms with Crippen LogP contribution in [0.2, 0.25) is 0 Å². The molecule has 1 aromatic carbocycles. The molecule has 3 rings (SSSR count). The second-order valence-corrected chi connectivity index (χ2v) is 5.26. The number of hydrogen-bond acceptors (Lipinski definition) is 3. The molecule has 0 fully saturated rings. The van der Waals surface area contributed by atoms with E-state index in [1.165, 1.54) is 12.3 Å². The molecule has 0 saturated carbocycles. The van der Waals surface area contributed by atoms with Gasteiger partial charge in [-0.1, -0.05) is 24.3 Å². The lowest BCUT2D eigenvalue weighted by Gasteiger charge is -2.25. The molecule has 0 amide bonds. The standard InChI is InChI=1S/C18H15F3N2O/c1-24-16-7-3-2-6-15(16)13-5-4-10-23(12-13)14-8-9-17(22-11-14)18(19,20)21/h2-11H,12H2,1H3. The fourth-order valence-corrected chi connectivity index (χ4v) is 2.54. The van der Waals surface area contributed by atoms with E-state index in [2.05, 4.69) is 4.98 Å². The Morgan fingerprint density at radius 1 is 1.12 bits per heavy atom. The van der Waals surface area contributed by atoms with Crippen molar-refractivity contribution in [2.24, 2.45) is 0 Å². The van der Waals surface area contributed by atoms with Crippen molar-refractivity contribution in [1.29, 1.82) is 0 Å². The summed E-state index contributed by atoms with van der Waals surface area (Å²) in [5.74, 6) is 0.754. The van der Waals surface area contributed by atoms with E-state index in [0.29, 0.717) is 12.2 Å². The maximum Gasteiger partial charge on any atom is 0.433 e. The van der Waals surface area contributed by atoms with Crippen LogP contribution in [0.4, 0.5) is 18.9 Å². The molecule has 0 aliphatic carbocycles. The van der Waals surface area contributed by atoms with Gasteiger partial charge in [0, 0.05) is 18.3 Å². The number of rotatable bonds is 3. The molecule has 124 valence electrons. The van der Waals surface area contributed by atoms with E-state index >= 15 is 0 Å². The number of methoxy groups -OCH3 is 1. The van der Waals surface area contributed by atoms with E-state index in [1.807, 2.05) is 47.5 Å². The van der Waals surface area contributed by atoms with Gasteiger partial charge >= 0.3 is 6.18 Å². The number of allylic oxidation sites excluding steroid dienone is 2. The predicted octanol–water partition coefficient (Wildman–Crippen LogP) is 4.53. The summed E-state index contributed by atoms with van der Waals surface area (Å²) in [5.41, 5.74) is 1.66. The van der Waals surface area contributed by atoms with Gasteiger partial charge in [0.1, 0.15) is 11.4 Å². The summed E-state index contributed by atoms with van der Waals surface area (Å²) in [6.07, 6.45) is 2.43. The summed E-state index contributed by atoms with van der Waals surface area (Å²) in [4.78, 5) is 5.35. The summed E-state index contributed by atoms with van der Waals surface area (Å²) in [6, 6.07) is 10.0. The summed E-state index contributed by atoms with van der Waals surface area (Å²) in [5, 5.41) is 0. The molecule has 0 spiro atoms. The van der Waals surface area contributed by atoms with Crippen LogP contribution in [0.1, 0.15) is 11.3 Å². The number of para-hydroxylation sites is 1. The molecule has 6 heteroatoms. The van der Waals surface area contributed by atoms with Gasteiger partial charge in [0.2, 0.25) is 0 Å². The van der Waals surface area contributed by atoms with E-state index in [1.54, 1.807) is 7.11 Å². The highest BCUT2D eigenvalue weighted by molar-refractivity contribution is 5.77. The molecule has 3 nitrogen and oxygen atoms in total. The lowest BCUT2D eigenvalue weighted by Crippen LogP contribution is -2.21. The van der Waals surface area contributed by atoms with Gasteiger partial charge in [0.25, 0.3) is 0 Å².